The number of methoxy groups -OCH3 is 1. The molecule has 1 atom stereocenters. The molecular weight excluding hydrogens is 226 g/mol. The van der Waals surface area contributed by atoms with Gasteiger partial charge in [0.15, 0.2) is 0 Å². The van der Waals surface area contributed by atoms with Crippen LogP contribution in [0.4, 0.5) is 0 Å². The molecule has 0 aromatic rings. The zero-order valence-electron chi connectivity index (χ0n) is 9.90. The number of rotatable bonds is 4. The Balaban J connectivity index is 1.77. The number of carbonyl (C=O) groups excluding carboxylic acids is 1. The predicted molar refractivity (Wildman–Crippen MR) is 63.7 cm³/mol. The van der Waals surface area contributed by atoms with Crippen LogP contribution in [-0.2, 0) is 14.3 Å². The highest BCUT2D eigenvalue weighted by Crippen LogP contribution is 2.45. The summed E-state index contributed by atoms with van der Waals surface area (Å²) in [6.07, 6.45) is 1.47. The van der Waals surface area contributed by atoms with Crippen LogP contribution in [0.2, 0.25) is 0 Å². The van der Waals surface area contributed by atoms with E-state index in [0.717, 1.165) is 31.9 Å². The molecular formula is C11H19NO3S. The standard InChI is InChI=1S/C11H19NO3S/c1-3-15-9-4-11(16-6-9)7-12(8-11)10(13)5-14-2/h9H,3-8H2,1-2H3. The lowest BCUT2D eigenvalue weighted by Gasteiger charge is -2.47. The monoisotopic (exact) mass is 245 g/mol. The lowest BCUT2D eigenvalue weighted by Crippen LogP contribution is -2.61. The first kappa shape index (κ1) is 12.2. The molecule has 16 heavy (non-hydrogen) atoms. The van der Waals surface area contributed by atoms with E-state index < -0.39 is 0 Å². The quantitative estimate of drug-likeness (QED) is 0.733. The zero-order chi connectivity index (χ0) is 11.6. The first-order chi connectivity index (χ1) is 7.69. The second kappa shape index (κ2) is 4.94. The van der Waals surface area contributed by atoms with Gasteiger partial charge < -0.3 is 14.4 Å². The third kappa shape index (κ3) is 2.36. The maximum Gasteiger partial charge on any atom is 0.248 e. The second-order valence-corrected chi connectivity index (χ2v) is 5.95. The number of carbonyl (C=O) groups is 1. The van der Waals surface area contributed by atoms with Gasteiger partial charge in [0.25, 0.3) is 0 Å². The van der Waals surface area contributed by atoms with Crippen molar-refractivity contribution in [2.24, 2.45) is 0 Å². The fourth-order valence-electron chi connectivity index (χ4n) is 2.41. The Labute approximate surface area is 101 Å². The molecule has 0 N–H and O–H groups in total. The third-order valence-electron chi connectivity index (χ3n) is 3.16. The summed E-state index contributed by atoms with van der Waals surface area (Å²) >= 11 is 1.96. The van der Waals surface area contributed by atoms with E-state index in [2.05, 4.69) is 0 Å². The van der Waals surface area contributed by atoms with Crippen molar-refractivity contribution < 1.29 is 14.3 Å². The molecule has 1 amide bonds. The van der Waals surface area contributed by atoms with Gasteiger partial charge in [0.1, 0.15) is 6.61 Å². The molecule has 1 unspecified atom stereocenters. The molecule has 0 bridgehead atoms. The van der Waals surface area contributed by atoms with Gasteiger partial charge in [-0.15, -0.1) is 11.8 Å². The summed E-state index contributed by atoms with van der Waals surface area (Å²) in [5, 5.41) is 0. The maximum atomic E-state index is 11.5. The molecule has 5 heteroatoms. The van der Waals surface area contributed by atoms with Gasteiger partial charge in [0, 0.05) is 32.6 Å². The lowest BCUT2D eigenvalue weighted by molar-refractivity contribution is -0.140. The average Bonchev–Trinajstić information content (AvgIpc) is 2.61. The van der Waals surface area contributed by atoms with Gasteiger partial charge in [0.2, 0.25) is 5.91 Å². The number of likely N-dealkylation sites (tertiary alicyclic amines) is 1. The van der Waals surface area contributed by atoms with E-state index in [9.17, 15) is 4.79 Å². The summed E-state index contributed by atoms with van der Waals surface area (Å²) in [6, 6.07) is 0. The Kier molecular flexibility index (Phi) is 3.77. The van der Waals surface area contributed by atoms with Crippen LogP contribution in [0.25, 0.3) is 0 Å². The summed E-state index contributed by atoms with van der Waals surface area (Å²) in [5.74, 6) is 1.17. The van der Waals surface area contributed by atoms with Crippen LogP contribution in [-0.4, -0.2) is 60.8 Å². The van der Waals surface area contributed by atoms with Gasteiger partial charge in [-0.3, -0.25) is 4.79 Å². The third-order valence-corrected chi connectivity index (χ3v) is 4.73. The summed E-state index contributed by atoms with van der Waals surface area (Å²) in [5.41, 5.74) is 0. The molecule has 92 valence electrons. The van der Waals surface area contributed by atoms with Crippen LogP contribution < -0.4 is 0 Å². The first-order valence-corrected chi connectivity index (χ1v) is 6.70. The Morgan fingerprint density at radius 2 is 2.31 bits per heavy atom. The van der Waals surface area contributed by atoms with Crippen LogP contribution in [0.1, 0.15) is 13.3 Å². The van der Waals surface area contributed by atoms with Crippen molar-refractivity contribution >= 4 is 17.7 Å². The van der Waals surface area contributed by atoms with Crippen LogP contribution in [0.15, 0.2) is 0 Å². The van der Waals surface area contributed by atoms with Crippen LogP contribution in [0, 0.1) is 0 Å². The van der Waals surface area contributed by atoms with Gasteiger partial charge in [-0.05, 0) is 13.3 Å². The van der Waals surface area contributed by atoms with Gasteiger partial charge in [-0.1, -0.05) is 0 Å². The number of nitrogens with zero attached hydrogens (tertiary/aromatic N) is 1. The molecule has 0 aromatic heterocycles. The van der Waals surface area contributed by atoms with E-state index in [-0.39, 0.29) is 17.3 Å². The molecule has 4 nitrogen and oxygen atoms in total. The minimum Gasteiger partial charge on any atom is -0.378 e. The van der Waals surface area contributed by atoms with E-state index >= 15 is 0 Å². The molecule has 2 aliphatic rings. The van der Waals surface area contributed by atoms with Crippen molar-refractivity contribution in [1.29, 1.82) is 0 Å². The van der Waals surface area contributed by atoms with Gasteiger partial charge in [-0.2, -0.15) is 0 Å². The van der Waals surface area contributed by atoms with Gasteiger partial charge in [0.05, 0.1) is 10.9 Å². The van der Waals surface area contributed by atoms with Crippen LogP contribution >= 0.6 is 11.8 Å². The molecule has 2 aliphatic heterocycles. The van der Waals surface area contributed by atoms with Crippen molar-refractivity contribution in [3.63, 3.8) is 0 Å². The number of hydrogen-bond acceptors (Lipinski definition) is 4. The minimum absolute atomic E-state index is 0.105. The number of hydrogen-bond donors (Lipinski definition) is 0. The van der Waals surface area contributed by atoms with Crippen LogP contribution in [0.3, 0.4) is 0 Å². The Bertz CT molecular complexity index is 266. The SMILES string of the molecule is CCOC1CSC2(C1)CN(C(=O)COC)C2. The Morgan fingerprint density at radius 3 is 2.94 bits per heavy atom. The maximum absolute atomic E-state index is 11.5. The van der Waals surface area contributed by atoms with E-state index in [1.807, 2.05) is 23.6 Å². The highest BCUT2D eigenvalue weighted by molar-refractivity contribution is 8.01. The number of thioether (sulfide) groups is 1. The summed E-state index contributed by atoms with van der Waals surface area (Å²) in [6.45, 7) is 4.75. The average molecular weight is 245 g/mol. The highest BCUT2D eigenvalue weighted by Gasteiger charge is 2.50. The molecule has 2 fully saturated rings. The van der Waals surface area contributed by atoms with Gasteiger partial charge in [-0.25, -0.2) is 0 Å². The van der Waals surface area contributed by atoms with E-state index in [4.69, 9.17) is 9.47 Å². The van der Waals surface area contributed by atoms with Crippen molar-refractivity contribution in [2.75, 3.05) is 39.2 Å². The Hall–Kier alpha value is -0.260. The Morgan fingerprint density at radius 1 is 1.56 bits per heavy atom. The van der Waals surface area contributed by atoms with Crippen molar-refractivity contribution in [2.45, 2.75) is 24.2 Å². The van der Waals surface area contributed by atoms with Crippen molar-refractivity contribution in [3.8, 4) is 0 Å². The molecule has 1 spiro atoms. The summed E-state index contributed by atoms with van der Waals surface area (Å²) in [4.78, 5) is 13.4. The van der Waals surface area contributed by atoms with E-state index in [0.29, 0.717) is 6.10 Å². The number of amides is 1. The molecule has 2 rings (SSSR count). The molecule has 0 aliphatic carbocycles. The smallest absolute Gasteiger partial charge is 0.248 e. The van der Waals surface area contributed by atoms with Crippen molar-refractivity contribution in [1.82, 2.24) is 4.90 Å². The van der Waals surface area contributed by atoms with E-state index in [1.54, 1.807) is 7.11 Å². The fourth-order valence-corrected chi connectivity index (χ4v) is 3.96. The molecule has 0 radical (unpaired) electrons. The normalized spacial score (nSPS) is 27.1. The lowest BCUT2D eigenvalue weighted by atomic mass is 9.93. The minimum atomic E-state index is 0.105. The largest absolute Gasteiger partial charge is 0.378 e. The molecule has 2 saturated heterocycles. The number of ether oxygens (including phenoxy) is 2. The van der Waals surface area contributed by atoms with Crippen LogP contribution in [0.5, 0.6) is 0 Å². The van der Waals surface area contributed by atoms with Gasteiger partial charge >= 0.3 is 0 Å². The van der Waals surface area contributed by atoms with E-state index in [1.165, 1.54) is 0 Å². The van der Waals surface area contributed by atoms with Crippen molar-refractivity contribution in [3.05, 3.63) is 0 Å². The molecule has 0 saturated carbocycles. The summed E-state index contributed by atoms with van der Waals surface area (Å²) < 4.78 is 10.8. The predicted octanol–water partition coefficient (Wildman–Crippen LogP) is 0.756. The topological polar surface area (TPSA) is 38.8 Å². The first-order valence-electron chi connectivity index (χ1n) is 5.71. The second-order valence-electron chi connectivity index (χ2n) is 4.46. The molecule has 2 heterocycles. The molecule has 0 aromatic carbocycles. The zero-order valence-corrected chi connectivity index (χ0v) is 10.7. The highest BCUT2D eigenvalue weighted by atomic mass is 32.2. The fraction of sp³-hybridized carbons (Fsp3) is 0.909. The summed E-state index contributed by atoms with van der Waals surface area (Å²) in [7, 11) is 1.56.